The Morgan fingerprint density at radius 3 is 2.20 bits per heavy atom. The van der Waals surface area contributed by atoms with Crippen molar-refractivity contribution in [1.29, 1.82) is 0 Å². The van der Waals surface area contributed by atoms with E-state index in [1.165, 1.54) is 19.1 Å². The van der Waals surface area contributed by atoms with Crippen LogP contribution in [0.2, 0.25) is 0 Å². The number of methoxy groups -OCH3 is 1. The number of esters is 1. The van der Waals surface area contributed by atoms with Crippen LogP contribution in [-0.4, -0.2) is 51.1 Å². The number of aryl methyl sites for hydroxylation is 1. The maximum absolute atomic E-state index is 10.7. The number of unbranched alkanes of at least 4 members (excludes halogenated alkanes) is 1. The minimum atomic E-state index is -0.447. The van der Waals surface area contributed by atoms with Crippen LogP contribution in [0.5, 0.6) is 5.75 Å². The van der Waals surface area contributed by atoms with Gasteiger partial charge in [0.05, 0.1) is 20.3 Å². The highest BCUT2D eigenvalue weighted by atomic mass is 16.5. The van der Waals surface area contributed by atoms with E-state index in [0.717, 1.165) is 18.8 Å². The lowest BCUT2D eigenvalue weighted by atomic mass is 10.1. The molecule has 0 spiro atoms. The van der Waals surface area contributed by atoms with Gasteiger partial charge < -0.3 is 25.8 Å². The lowest BCUT2D eigenvalue weighted by Crippen LogP contribution is -2.39. The smallest absolute Gasteiger partial charge is 0.325 e. The first-order chi connectivity index (χ1) is 14.2. The van der Waals surface area contributed by atoms with Gasteiger partial charge in [0.25, 0.3) is 0 Å². The molecule has 1 aromatic carbocycles. The van der Waals surface area contributed by atoms with Crippen molar-refractivity contribution >= 4 is 18.3 Å². The minimum Gasteiger partial charge on any atom is -0.494 e. The van der Waals surface area contributed by atoms with Crippen LogP contribution in [0, 0.1) is 12.8 Å². The van der Waals surface area contributed by atoms with Crippen LogP contribution in [-0.2, 0) is 19.1 Å². The molecular weight excluding hydrogens is 386 g/mol. The van der Waals surface area contributed by atoms with Gasteiger partial charge in [-0.05, 0) is 38.3 Å². The van der Waals surface area contributed by atoms with E-state index in [0.29, 0.717) is 12.3 Å². The summed E-state index contributed by atoms with van der Waals surface area (Å²) in [7, 11) is 1.26. The molecule has 0 aliphatic carbocycles. The quantitative estimate of drug-likeness (QED) is 0.300. The van der Waals surface area contributed by atoms with Gasteiger partial charge in [0.15, 0.2) is 0 Å². The fraction of sp³-hybridized carbons (Fsp3) is 0.591. The van der Waals surface area contributed by atoms with Crippen molar-refractivity contribution in [2.75, 3.05) is 26.8 Å². The van der Waals surface area contributed by atoms with Gasteiger partial charge in [-0.3, -0.25) is 14.4 Å². The van der Waals surface area contributed by atoms with Crippen LogP contribution in [0.15, 0.2) is 24.3 Å². The summed E-state index contributed by atoms with van der Waals surface area (Å²) in [5, 5.41) is 4.91. The van der Waals surface area contributed by atoms with Crippen molar-refractivity contribution in [1.82, 2.24) is 10.6 Å². The molecule has 172 valence electrons. The zero-order valence-corrected chi connectivity index (χ0v) is 19.2. The van der Waals surface area contributed by atoms with Crippen molar-refractivity contribution < 1.29 is 23.9 Å². The Hall–Kier alpha value is -2.61. The standard InChI is InChI=1S/C11H16O.C7H16N2O.C4H7NO3/c1-3-4-9-12-11-7-5-10(2)6-8-11;1-5(2)6(3)9-7(10)4-8;1-8-4(7)2-5-3-6/h5-8H,3-4,9H2,1-2H3;5-6H,4,8H2,1-3H3,(H,9,10);3H,2H2,1H3,(H,5,6). The molecule has 1 aromatic rings. The van der Waals surface area contributed by atoms with Gasteiger partial charge in [0.1, 0.15) is 12.3 Å². The van der Waals surface area contributed by atoms with Crippen molar-refractivity contribution in [2.24, 2.45) is 11.7 Å². The Morgan fingerprint density at radius 2 is 1.77 bits per heavy atom. The molecule has 1 unspecified atom stereocenters. The van der Waals surface area contributed by atoms with Gasteiger partial charge in [-0.1, -0.05) is 44.9 Å². The van der Waals surface area contributed by atoms with E-state index < -0.39 is 5.97 Å². The summed E-state index contributed by atoms with van der Waals surface area (Å²) in [5.41, 5.74) is 6.38. The second kappa shape index (κ2) is 19.7. The number of nitrogens with two attached hydrogens (primary N) is 1. The zero-order valence-electron chi connectivity index (χ0n) is 19.2. The van der Waals surface area contributed by atoms with Gasteiger partial charge in [0, 0.05) is 6.04 Å². The number of carbonyl (C=O) groups excluding carboxylic acids is 3. The summed E-state index contributed by atoms with van der Waals surface area (Å²) in [5.74, 6) is 0.919. The molecule has 0 heterocycles. The maximum Gasteiger partial charge on any atom is 0.325 e. The minimum absolute atomic E-state index is 0.0556. The molecule has 0 saturated heterocycles. The largest absolute Gasteiger partial charge is 0.494 e. The van der Waals surface area contributed by atoms with E-state index >= 15 is 0 Å². The number of nitrogens with one attached hydrogen (secondary N) is 2. The van der Waals surface area contributed by atoms with Crippen LogP contribution < -0.4 is 21.1 Å². The normalized spacial score (nSPS) is 10.4. The lowest BCUT2D eigenvalue weighted by Gasteiger charge is -2.16. The predicted molar refractivity (Wildman–Crippen MR) is 119 cm³/mol. The molecule has 0 fully saturated rings. The zero-order chi connectivity index (χ0) is 23.4. The summed E-state index contributed by atoms with van der Waals surface area (Å²) >= 11 is 0. The van der Waals surface area contributed by atoms with E-state index in [1.54, 1.807) is 0 Å². The highest BCUT2D eigenvalue weighted by Gasteiger charge is 2.08. The molecule has 4 N–H and O–H groups in total. The molecule has 8 nitrogen and oxygen atoms in total. The highest BCUT2D eigenvalue weighted by molar-refractivity contribution is 5.78. The predicted octanol–water partition coefficient (Wildman–Crippen LogP) is 2.19. The van der Waals surface area contributed by atoms with E-state index in [9.17, 15) is 14.4 Å². The molecule has 0 saturated carbocycles. The van der Waals surface area contributed by atoms with Crippen LogP contribution in [0.4, 0.5) is 0 Å². The topological polar surface area (TPSA) is 120 Å². The summed E-state index contributed by atoms with van der Waals surface area (Å²) in [4.78, 5) is 30.3. The fourth-order valence-electron chi connectivity index (χ4n) is 1.65. The van der Waals surface area contributed by atoms with Crippen molar-refractivity contribution in [3.63, 3.8) is 0 Å². The molecule has 0 aromatic heterocycles. The van der Waals surface area contributed by atoms with E-state index in [4.69, 9.17) is 10.5 Å². The molecule has 0 aliphatic rings. The van der Waals surface area contributed by atoms with Crippen molar-refractivity contribution in [3.05, 3.63) is 29.8 Å². The Labute approximate surface area is 180 Å². The average Bonchev–Trinajstić information content (AvgIpc) is 2.74. The molecule has 1 atom stereocenters. The molecule has 30 heavy (non-hydrogen) atoms. The molecule has 1 rings (SSSR count). The first kappa shape index (κ1) is 29.6. The summed E-state index contributed by atoms with van der Waals surface area (Å²) in [6.45, 7) is 11.2. The van der Waals surface area contributed by atoms with Gasteiger partial charge in [-0.25, -0.2) is 0 Å². The van der Waals surface area contributed by atoms with Crippen molar-refractivity contribution in [2.45, 2.75) is 53.5 Å². The first-order valence-corrected chi connectivity index (χ1v) is 10.1. The molecule has 2 amide bonds. The number of benzene rings is 1. The summed E-state index contributed by atoms with van der Waals surface area (Å²) in [6, 6.07) is 8.40. The third kappa shape index (κ3) is 18.7. The van der Waals surface area contributed by atoms with Gasteiger partial charge in [-0.15, -0.1) is 0 Å². The van der Waals surface area contributed by atoms with Crippen molar-refractivity contribution in [3.8, 4) is 5.75 Å². The monoisotopic (exact) mass is 425 g/mol. The van der Waals surface area contributed by atoms with E-state index in [2.05, 4.69) is 55.2 Å². The molecule has 8 heteroatoms. The van der Waals surface area contributed by atoms with Crippen LogP contribution in [0.3, 0.4) is 0 Å². The first-order valence-electron chi connectivity index (χ1n) is 10.1. The molecule has 0 aliphatic heterocycles. The van der Waals surface area contributed by atoms with Crippen LogP contribution >= 0.6 is 0 Å². The number of hydrogen-bond acceptors (Lipinski definition) is 6. The van der Waals surface area contributed by atoms with E-state index in [1.807, 2.05) is 19.1 Å². The van der Waals surface area contributed by atoms with Gasteiger partial charge >= 0.3 is 5.97 Å². The fourth-order valence-corrected chi connectivity index (χ4v) is 1.65. The Morgan fingerprint density at radius 1 is 1.17 bits per heavy atom. The number of rotatable bonds is 10. The number of carbonyl (C=O) groups is 3. The summed E-state index contributed by atoms with van der Waals surface area (Å²) in [6.07, 6.45) is 2.76. The van der Waals surface area contributed by atoms with Gasteiger partial charge in [-0.2, -0.15) is 0 Å². The Balaban J connectivity index is 0. The lowest BCUT2D eigenvalue weighted by molar-refractivity contribution is -0.140. The molecular formula is C22H39N3O5. The maximum atomic E-state index is 10.7. The number of ether oxygens (including phenoxy) is 2. The second-order valence-corrected chi connectivity index (χ2v) is 6.89. The Kier molecular flexibility index (Phi) is 19.4. The third-order valence-electron chi connectivity index (χ3n) is 3.92. The average molecular weight is 426 g/mol. The number of amides is 2. The third-order valence-corrected chi connectivity index (χ3v) is 3.92. The van der Waals surface area contributed by atoms with Gasteiger partial charge in [0.2, 0.25) is 12.3 Å². The van der Waals surface area contributed by atoms with Crippen LogP contribution in [0.1, 0.15) is 46.1 Å². The SMILES string of the molecule is CC(C)C(C)NC(=O)CN.CCCCOc1ccc(C)cc1.COC(=O)CNC=O. The summed E-state index contributed by atoms with van der Waals surface area (Å²) < 4.78 is 9.69. The van der Waals surface area contributed by atoms with Crippen LogP contribution in [0.25, 0.3) is 0 Å². The molecule has 0 bridgehead atoms. The van der Waals surface area contributed by atoms with E-state index in [-0.39, 0.29) is 25.0 Å². The molecule has 0 radical (unpaired) electrons. The highest BCUT2D eigenvalue weighted by Crippen LogP contribution is 2.11. The second-order valence-electron chi connectivity index (χ2n) is 6.89. The number of hydrogen-bond donors (Lipinski definition) is 3. The Bertz CT molecular complexity index is 577.